The summed E-state index contributed by atoms with van der Waals surface area (Å²) in [5.41, 5.74) is 1.88. The summed E-state index contributed by atoms with van der Waals surface area (Å²) in [4.78, 5) is 3.17. The first-order valence-corrected chi connectivity index (χ1v) is 4.93. The van der Waals surface area contributed by atoms with Crippen molar-refractivity contribution in [1.82, 2.24) is 4.98 Å². The Balaban J connectivity index is 2.74. The fraction of sp³-hybridized carbons (Fsp3) is 0.200. The van der Waals surface area contributed by atoms with Crippen molar-refractivity contribution in [1.29, 1.82) is 0 Å². The predicted octanol–water partition coefficient (Wildman–Crippen LogP) is 2.98. The Morgan fingerprint density at radius 1 is 1.38 bits per heavy atom. The monoisotopic (exact) mass is 239 g/mol. The number of rotatable bonds is 1. The van der Waals surface area contributed by atoms with Gasteiger partial charge in [0, 0.05) is 15.4 Å². The van der Waals surface area contributed by atoms with Gasteiger partial charge in [0.2, 0.25) is 0 Å². The molecule has 0 saturated carbocycles. The SMILES string of the molecule is C[C@@H](O)c1[nH]c2ccccc2c1Br. The number of para-hydroxylation sites is 1. The molecule has 0 saturated heterocycles. The minimum absolute atomic E-state index is 0.471. The summed E-state index contributed by atoms with van der Waals surface area (Å²) < 4.78 is 0.957. The molecule has 0 fully saturated rings. The standard InChI is InChI=1S/C10H10BrNO/c1-6(13)10-9(11)7-4-2-3-5-8(7)12-10/h2-6,12-13H,1H3/t6-/m1/s1. The van der Waals surface area contributed by atoms with Crippen LogP contribution in [0, 0.1) is 0 Å². The molecule has 2 N–H and O–H groups in total. The Labute approximate surface area is 84.7 Å². The van der Waals surface area contributed by atoms with Crippen LogP contribution >= 0.6 is 15.9 Å². The third-order valence-electron chi connectivity index (χ3n) is 2.09. The van der Waals surface area contributed by atoms with Crippen molar-refractivity contribution in [2.45, 2.75) is 13.0 Å². The van der Waals surface area contributed by atoms with Gasteiger partial charge in [-0.3, -0.25) is 0 Å². The molecule has 0 spiro atoms. The highest BCUT2D eigenvalue weighted by Crippen LogP contribution is 2.30. The molecule has 0 aliphatic rings. The van der Waals surface area contributed by atoms with E-state index in [9.17, 15) is 5.11 Å². The Morgan fingerprint density at radius 3 is 2.69 bits per heavy atom. The van der Waals surface area contributed by atoms with Crippen molar-refractivity contribution in [3.05, 3.63) is 34.4 Å². The zero-order valence-electron chi connectivity index (χ0n) is 7.21. The summed E-state index contributed by atoms with van der Waals surface area (Å²) in [6, 6.07) is 7.96. The van der Waals surface area contributed by atoms with Crippen molar-refractivity contribution in [2.24, 2.45) is 0 Å². The minimum atomic E-state index is -0.471. The Kier molecular flexibility index (Phi) is 2.14. The van der Waals surface area contributed by atoms with Gasteiger partial charge in [-0.1, -0.05) is 18.2 Å². The Morgan fingerprint density at radius 2 is 2.08 bits per heavy atom. The topological polar surface area (TPSA) is 36.0 Å². The first-order valence-electron chi connectivity index (χ1n) is 4.14. The van der Waals surface area contributed by atoms with Gasteiger partial charge in [-0.05, 0) is 28.9 Å². The summed E-state index contributed by atoms with van der Waals surface area (Å²) >= 11 is 3.46. The summed E-state index contributed by atoms with van der Waals surface area (Å²) in [5.74, 6) is 0. The maximum Gasteiger partial charge on any atom is 0.0921 e. The number of aliphatic hydroxyl groups is 1. The number of aromatic nitrogens is 1. The number of H-pyrrole nitrogens is 1. The van der Waals surface area contributed by atoms with Gasteiger partial charge in [0.25, 0.3) is 0 Å². The first kappa shape index (κ1) is 8.78. The molecule has 68 valence electrons. The molecule has 2 nitrogen and oxygen atoms in total. The summed E-state index contributed by atoms with van der Waals surface area (Å²) in [6.45, 7) is 1.75. The number of benzene rings is 1. The molecule has 0 radical (unpaired) electrons. The average Bonchev–Trinajstić information content (AvgIpc) is 2.45. The second-order valence-corrected chi connectivity index (χ2v) is 3.87. The van der Waals surface area contributed by atoms with E-state index in [-0.39, 0.29) is 0 Å². The molecule has 1 heterocycles. The second kappa shape index (κ2) is 3.16. The lowest BCUT2D eigenvalue weighted by Gasteiger charge is -2.00. The third-order valence-corrected chi connectivity index (χ3v) is 2.94. The lowest BCUT2D eigenvalue weighted by molar-refractivity contribution is 0.194. The Bertz CT molecular complexity index is 433. The lowest BCUT2D eigenvalue weighted by atomic mass is 10.2. The van der Waals surface area contributed by atoms with E-state index in [4.69, 9.17) is 0 Å². The van der Waals surface area contributed by atoms with Crippen LogP contribution in [0.1, 0.15) is 18.7 Å². The van der Waals surface area contributed by atoms with Gasteiger partial charge < -0.3 is 10.1 Å². The third kappa shape index (κ3) is 1.38. The molecular weight excluding hydrogens is 230 g/mol. The molecule has 0 aliphatic carbocycles. The summed E-state index contributed by atoms with van der Waals surface area (Å²) in [6.07, 6.45) is -0.471. The number of fused-ring (bicyclic) bond motifs is 1. The smallest absolute Gasteiger partial charge is 0.0921 e. The van der Waals surface area contributed by atoms with Crippen molar-refractivity contribution < 1.29 is 5.11 Å². The van der Waals surface area contributed by atoms with E-state index >= 15 is 0 Å². The van der Waals surface area contributed by atoms with Gasteiger partial charge in [0.1, 0.15) is 0 Å². The van der Waals surface area contributed by atoms with Crippen LogP contribution in [0.2, 0.25) is 0 Å². The van der Waals surface area contributed by atoms with Crippen LogP contribution in [0.15, 0.2) is 28.7 Å². The van der Waals surface area contributed by atoms with Crippen LogP contribution in [-0.2, 0) is 0 Å². The van der Waals surface area contributed by atoms with Crippen LogP contribution in [0.4, 0.5) is 0 Å². The van der Waals surface area contributed by atoms with Gasteiger partial charge in [0.15, 0.2) is 0 Å². The molecule has 1 aromatic carbocycles. The molecule has 0 unspecified atom stereocenters. The molecule has 1 atom stereocenters. The van der Waals surface area contributed by atoms with Gasteiger partial charge in [-0.15, -0.1) is 0 Å². The quantitative estimate of drug-likeness (QED) is 0.789. The molecule has 0 bridgehead atoms. The van der Waals surface area contributed by atoms with Crippen LogP contribution < -0.4 is 0 Å². The molecule has 2 rings (SSSR count). The highest BCUT2D eigenvalue weighted by molar-refractivity contribution is 9.10. The second-order valence-electron chi connectivity index (χ2n) is 3.07. The number of nitrogens with one attached hydrogen (secondary N) is 1. The molecule has 1 aromatic heterocycles. The molecule has 13 heavy (non-hydrogen) atoms. The largest absolute Gasteiger partial charge is 0.387 e. The maximum absolute atomic E-state index is 9.44. The predicted molar refractivity (Wildman–Crippen MR) is 56.6 cm³/mol. The van der Waals surface area contributed by atoms with Crippen molar-refractivity contribution in [2.75, 3.05) is 0 Å². The molecule has 0 amide bonds. The average molecular weight is 240 g/mol. The fourth-order valence-electron chi connectivity index (χ4n) is 1.42. The first-order chi connectivity index (χ1) is 6.20. The van der Waals surface area contributed by atoms with Crippen LogP contribution in [0.5, 0.6) is 0 Å². The summed E-state index contributed by atoms with van der Waals surface area (Å²) in [5, 5.41) is 10.6. The van der Waals surface area contributed by atoms with Gasteiger partial charge >= 0.3 is 0 Å². The summed E-state index contributed by atoms with van der Waals surface area (Å²) in [7, 11) is 0. The minimum Gasteiger partial charge on any atom is -0.387 e. The number of hydrogen-bond donors (Lipinski definition) is 2. The van der Waals surface area contributed by atoms with Crippen molar-refractivity contribution in [3.63, 3.8) is 0 Å². The normalized spacial score (nSPS) is 13.5. The highest BCUT2D eigenvalue weighted by Gasteiger charge is 2.11. The van der Waals surface area contributed by atoms with E-state index < -0.39 is 6.10 Å². The highest BCUT2D eigenvalue weighted by atomic mass is 79.9. The number of aliphatic hydroxyl groups excluding tert-OH is 1. The van der Waals surface area contributed by atoms with E-state index in [0.717, 1.165) is 21.1 Å². The van der Waals surface area contributed by atoms with Crippen LogP contribution in [0.25, 0.3) is 10.9 Å². The van der Waals surface area contributed by atoms with Crippen LogP contribution in [-0.4, -0.2) is 10.1 Å². The molecule has 0 aliphatic heterocycles. The molecule has 2 aromatic rings. The number of hydrogen-bond acceptors (Lipinski definition) is 1. The Hall–Kier alpha value is -0.800. The lowest BCUT2D eigenvalue weighted by Crippen LogP contribution is -1.90. The van der Waals surface area contributed by atoms with Gasteiger partial charge in [-0.2, -0.15) is 0 Å². The van der Waals surface area contributed by atoms with E-state index in [1.807, 2.05) is 24.3 Å². The number of aromatic amines is 1. The number of halogens is 1. The van der Waals surface area contributed by atoms with E-state index in [1.54, 1.807) is 6.92 Å². The van der Waals surface area contributed by atoms with E-state index in [1.165, 1.54) is 0 Å². The van der Waals surface area contributed by atoms with Gasteiger partial charge in [0.05, 0.1) is 11.8 Å². The molecular formula is C10H10BrNO. The van der Waals surface area contributed by atoms with E-state index in [2.05, 4.69) is 20.9 Å². The maximum atomic E-state index is 9.44. The van der Waals surface area contributed by atoms with Crippen molar-refractivity contribution >= 4 is 26.8 Å². The molecule has 3 heteroatoms. The van der Waals surface area contributed by atoms with E-state index in [0.29, 0.717) is 0 Å². The fourth-order valence-corrected chi connectivity index (χ4v) is 2.19. The van der Waals surface area contributed by atoms with Crippen molar-refractivity contribution in [3.8, 4) is 0 Å². The zero-order valence-corrected chi connectivity index (χ0v) is 8.80. The van der Waals surface area contributed by atoms with Gasteiger partial charge in [-0.25, -0.2) is 0 Å². The zero-order chi connectivity index (χ0) is 9.42. The van der Waals surface area contributed by atoms with Crippen LogP contribution in [0.3, 0.4) is 0 Å².